The molecule has 1 fully saturated rings. The minimum Gasteiger partial charge on any atom is -0.465 e. The molecule has 10 heteroatoms. The summed E-state index contributed by atoms with van der Waals surface area (Å²) in [7, 11) is -4.11. The van der Waals surface area contributed by atoms with E-state index in [1.165, 1.54) is 24.3 Å². The molecule has 162 valence electrons. The Morgan fingerprint density at radius 2 is 1.83 bits per heavy atom. The van der Waals surface area contributed by atoms with Crippen LogP contribution in [-0.2, 0) is 14.3 Å². The molecule has 0 radical (unpaired) electrons. The summed E-state index contributed by atoms with van der Waals surface area (Å²) in [5.41, 5.74) is 0.0410. The number of benzene rings is 2. The molecule has 0 saturated carbocycles. The summed E-state index contributed by atoms with van der Waals surface area (Å²) in [5, 5.41) is 9.53. The highest BCUT2D eigenvalue weighted by molar-refractivity contribution is 7.86. The molecule has 3 atom stereocenters. The van der Waals surface area contributed by atoms with Crippen molar-refractivity contribution >= 4 is 16.2 Å². The van der Waals surface area contributed by atoms with Gasteiger partial charge in [0.05, 0.1) is 12.3 Å². The first-order chi connectivity index (χ1) is 14.1. The molecule has 2 unspecified atom stereocenters. The van der Waals surface area contributed by atoms with Gasteiger partial charge in [0, 0.05) is 18.0 Å². The molecule has 1 amide bonds. The van der Waals surface area contributed by atoms with Gasteiger partial charge in [0.25, 0.3) is 10.1 Å². The summed E-state index contributed by atoms with van der Waals surface area (Å²) in [4.78, 5) is 12.7. The highest BCUT2D eigenvalue weighted by Crippen LogP contribution is 2.38. The Morgan fingerprint density at radius 3 is 2.43 bits per heavy atom. The Bertz CT molecular complexity index is 1030. The van der Waals surface area contributed by atoms with Gasteiger partial charge < -0.3 is 10.0 Å². The summed E-state index contributed by atoms with van der Waals surface area (Å²) in [5.74, 6) is -4.15. The van der Waals surface area contributed by atoms with Crippen molar-refractivity contribution in [1.82, 2.24) is 4.90 Å². The molecule has 0 aliphatic carbocycles. The first kappa shape index (κ1) is 22.1. The summed E-state index contributed by atoms with van der Waals surface area (Å²) >= 11 is 0. The van der Waals surface area contributed by atoms with E-state index in [4.69, 9.17) is 4.18 Å². The molecular weight excluding hydrogens is 423 g/mol. The Labute approximate surface area is 172 Å². The standard InChI is InChI=1S/C20H20F3NO5S/c1-30(27,28)29-19(16-6-3-11-24(16)20(25)26)17(12-7-9-13(21)10-8-12)14-4-2-5-15(22)18(14)23/h2,4-5,7-10,16-17,19H,3,6,11H2,1H3,(H,25,26)/t16-,17?,19?/m1/s1. The summed E-state index contributed by atoms with van der Waals surface area (Å²) in [6.45, 7) is 0.144. The second kappa shape index (κ2) is 8.65. The number of amides is 1. The molecular formula is C20H20F3NO5S. The number of carbonyl (C=O) groups is 1. The SMILES string of the molecule is CS(=O)(=O)OC(C(c1ccc(F)cc1)c1cccc(F)c1F)[C@H]1CCCN1C(=O)O. The maximum atomic E-state index is 14.8. The van der Waals surface area contributed by atoms with Crippen LogP contribution in [0.15, 0.2) is 42.5 Å². The van der Waals surface area contributed by atoms with Gasteiger partial charge in [0.2, 0.25) is 0 Å². The molecule has 30 heavy (non-hydrogen) atoms. The van der Waals surface area contributed by atoms with Gasteiger partial charge in [-0.1, -0.05) is 24.3 Å². The Hall–Kier alpha value is -2.59. The van der Waals surface area contributed by atoms with Crippen LogP contribution in [0.4, 0.5) is 18.0 Å². The first-order valence-electron chi connectivity index (χ1n) is 9.15. The van der Waals surface area contributed by atoms with Gasteiger partial charge in [-0.05, 0) is 36.6 Å². The van der Waals surface area contributed by atoms with Crippen molar-refractivity contribution in [2.75, 3.05) is 12.8 Å². The minimum atomic E-state index is -4.11. The van der Waals surface area contributed by atoms with Crippen LogP contribution in [-0.4, -0.2) is 49.5 Å². The lowest BCUT2D eigenvalue weighted by atomic mass is 9.82. The summed E-state index contributed by atoms with van der Waals surface area (Å²) in [6, 6.07) is 7.31. The number of hydrogen-bond acceptors (Lipinski definition) is 4. The van der Waals surface area contributed by atoms with Gasteiger partial charge in [-0.25, -0.2) is 18.0 Å². The minimum absolute atomic E-state index is 0.144. The van der Waals surface area contributed by atoms with Crippen molar-refractivity contribution in [1.29, 1.82) is 0 Å². The number of rotatable bonds is 6. The highest BCUT2D eigenvalue weighted by atomic mass is 32.2. The zero-order valence-corrected chi connectivity index (χ0v) is 16.8. The van der Waals surface area contributed by atoms with E-state index in [1.807, 2.05) is 0 Å². The predicted molar refractivity (Wildman–Crippen MR) is 102 cm³/mol. The quantitative estimate of drug-likeness (QED) is 0.688. The highest BCUT2D eigenvalue weighted by Gasteiger charge is 2.43. The number of halogens is 3. The average molecular weight is 443 g/mol. The fourth-order valence-corrected chi connectivity index (χ4v) is 4.54. The molecule has 1 N–H and O–H groups in total. The smallest absolute Gasteiger partial charge is 0.407 e. The van der Waals surface area contributed by atoms with Gasteiger partial charge in [-0.2, -0.15) is 8.42 Å². The van der Waals surface area contributed by atoms with Crippen molar-refractivity contribution < 1.29 is 35.7 Å². The molecule has 2 aromatic rings. The third kappa shape index (κ3) is 4.76. The van der Waals surface area contributed by atoms with Crippen molar-refractivity contribution in [3.8, 4) is 0 Å². The van der Waals surface area contributed by atoms with Crippen LogP contribution in [0.1, 0.15) is 29.9 Å². The number of hydrogen-bond donors (Lipinski definition) is 1. The molecule has 1 heterocycles. The summed E-state index contributed by atoms with van der Waals surface area (Å²) in [6.07, 6.45) is -1.16. The maximum absolute atomic E-state index is 14.8. The Morgan fingerprint density at radius 1 is 1.17 bits per heavy atom. The number of likely N-dealkylation sites (tertiary alicyclic amines) is 1. The number of carboxylic acid groups (broad SMARTS) is 1. The third-order valence-electron chi connectivity index (χ3n) is 5.08. The molecule has 1 aliphatic heterocycles. The summed E-state index contributed by atoms with van der Waals surface area (Å²) < 4.78 is 71.6. The van der Waals surface area contributed by atoms with Crippen molar-refractivity contribution in [3.63, 3.8) is 0 Å². The number of nitrogens with zero attached hydrogens (tertiary/aromatic N) is 1. The van der Waals surface area contributed by atoms with E-state index in [1.54, 1.807) is 0 Å². The second-order valence-electron chi connectivity index (χ2n) is 7.12. The molecule has 2 aromatic carbocycles. The van der Waals surface area contributed by atoms with E-state index in [-0.39, 0.29) is 24.1 Å². The zero-order valence-electron chi connectivity index (χ0n) is 16.0. The lowest BCUT2D eigenvalue weighted by Gasteiger charge is -2.35. The van der Waals surface area contributed by atoms with Gasteiger partial charge in [-0.3, -0.25) is 4.18 Å². The molecule has 6 nitrogen and oxygen atoms in total. The maximum Gasteiger partial charge on any atom is 0.407 e. The van der Waals surface area contributed by atoms with Crippen molar-refractivity contribution in [2.45, 2.75) is 30.9 Å². The Kier molecular flexibility index (Phi) is 6.37. The fraction of sp³-hybridized carbons (Fsp3) is 0.350. The fourth-order valence-electron chi connectivity index (χ4n) is 3.89. The third-order valence-corrected chi connectivity index (χ3v) is 5.66. The first-order valence-corrected chi connectivity index (χ1v) is 11.0. The molecule has 0 aromatic heterocycles. The molecule has 0 bridgehead atoms. The van der Waals surface area contributed by atoms with Crippen LogP contribution in [0.5, 0.6) is 0 Å². The van der Waals surface area contributed by atoms with E-state index in [0.29, 0.717) is 6.42 Å². The molecule has 1 aliphatic rings. The topological polar surface area (TPSA) is 83.9 Å². The van der Waals surface area contributed by atoms with Gasteiger partial charge >= 0.3 is 6.09 Å². The lowest BCUT2D eigenvalue weighted by molar-refractivity contribution is 0.0771. The molecule has 3 rings (SSSR count). The van der Waals surface area contributed by atoms with Crippen LogP contribution in [0.3, 0.4) is 0 Å². The normalized spacial score (nSPS) is 18.9. The van der Waals surface area contributed by atoms with Gasteiger partial charge in [0.1, 0.15) is 11.9 Å². The van der Waals surface area contributed by atoms with E-state index < -0.39 is 51.7 Å². The second-order valence-corrected chi connectivity index (χ2v) is 8.72. The van der Waals surface area contributed by atoms with Gasteiger partial charge in [0.15, 0.2) is 11.6 Å². The van der Waals surface area contributed by atoms with Crippen molar-refractivity contribution in [3.05, 3.63) is 71.0 Å². The average Bonchev–Trinajstić information content (AvgIpc) is 3.15. The van der Waals surface area contributed by atoms with Crippen LogP contribution < -0.4 is 0 Å². The molecule has 0 spiro atoms. The van der Waals surface area contributed by atoms with Crippen LogP contribution in [0, 0.1) is 17.5 Å². The van der Waals surface area contributed by atoms with Gasteiger partial charge in [-0.15, -0.1) is 0 Å². The van der Waals surface area contributed by atoms with E-state index in [0.717, 1.165) is 29.4 Å². The van der Waals surface area contributed by atoms with E-state index in [9.17, 15) is 31.5 Å². The Balaban J connectivity index is 2.21. The van der Waals surface area contributed by atoms with E-state index >= 15 is 0 Å². The predicted octanol–water partition coefficient (Wildman–Crippen LogP) is 3.72. The largest absolute Gasteiger partial charge is 0.465 e. The van der Waals surface area contributed by atoms with Crippen molar-refractivity contribution in [2.24, 2.45) is 0 Å². The monoisotopic (exact) mass is 443 g/mol. The van der Waals surface area contributed by atoms with Crippen LogP contribution in [0.25, 0.3) is 0 Å². The van der Waals surface area contributed by atoms with Crippen LogP contribution >= 0.6 is 0 Å². The molecule has 1 saturated heterocycles. The zero-order chi connectivity index (χ0) is 22.1. The lowest BCUT2D eigenvalue weighted by Crippen LogP contribution is -2.47. The van der Waals surface area contributed by atoms with E-state index in [2.05, 4.69) is 0 Å². The van der Waals surface area contributed by atoms with Crippen LogP contribution in [0.2, 0.25) is 0 Å².